The van der Waals surface area contributed by atoms with Crippen LogP contribution < -0.4 is 5.32 Å². The van der Waals surface area contributed by atoms with E-state index in [-0.39, 0.29) is 0 Å². The summed E-state index contributed by atoms with van der Waals surface area (Å²) in [6, 6.07) is 5.89. The molecule has 2 rings (SSSR count). The molecule has 0 radical (unpaired) electrons. The highest BCUT2D eigenvalue weighted by Gasteiger charge is 2.39. The minimum absolute atomic E-state index is 0.702. The first-order chi connectivity index (χ1) is 8.53. The second-order valence-corrected chi connectivity index (χ2v) is 5.89. The molecule has 0 spiro atoms. The molecule has 0 bridgehead atoms. The van der Waals surface area contributed by atoms with Crippen LogP contribution in [0.4, 0.5) is 5.69 Å². The van der Waals surface area contributed by atoms with Gasteiger partial charge < -0.3 is 10.4 Å². The summed E-state index contributed by atoms with van der Waals surface area (Å²) in [6.07, 6.45) is 4.49. The molecule has 98 valence electrons. The molecule has 0 heterocycles. The van der Waals surface area contributed by atoms with E-state index < -0.39 is 11.5 Å². The summed E-state index contributed by atoms with van der Waals surface area (Å²) in [7, 11) is 0. The molecule has 1 aliphatic carbocycles. The van der Waals surface area contributed by atoms with Crippen molar-refractivity contribution in [3.05, 3.63) is 28.2 Å². The number of benzene rings is 1. The Labute approximate surface area is 116 Å². The third kappa shape index (κ3) is 2.69. The lowest BCUT2D eigenvalue weighted by molar-refractivity contribution is -0.143. The summed E-state index contributed by atoms with van der Waals surface area (Å²) < 4.78 is 1.00. The third-order valence-electron chi connectivity index (χ3n) is 3.67. The zero-order valence-corrected chi connectivity index (χ0v) is 12.1. The smallest absolute Gasteiger partial charge is 0.329 e. The number of carboxylic acid groups (broad SMARTS) is 1. The Morgan fingerprint density at radius 2 is 2.00 bits per heavy atom. The second kappa shape index (κ2) is 5.31. The van der Waals surface area contributed by atoms with Gasteiger partial charge in [0, 0.05) is 10.2 Å². The third-order valence-corrected chi connectivity index (χ3v) is 4.53. The van der Waals surface area contributed by atoms with Crippen LogP contribution in [0.1, 0.15) is 37.7 Å². The molecule has 1 aromatic rings. The van der Waals surface area contributed by atoms with Crippen molar-refractivity contribution >= 4 is 27.6 Å². The van der Waals surface area contributed by atoms with Gasteiger partial charge in [-0.15, -0.1) is 0 Å². The summed E-state index contributed by atoms with van der Waals surface area (Å²) in [4.78, 5) is 11.6. The predicted octanol–water partition coefficient (Wildman–Crippen LogP) is 3.96. The van der Waals surface area contributed by atoms with Crippen LogP contribution in [0.15, 0.2) is 22.7 Å². The lowest BCUT2D eigenvalue weighted by Crippen LogP contribution is -2.47. The van der Waals surface area contributed by atoms with Gasteiger partial charge in [0.25, 0.3) is 0 Å². The van der Waals surface area contributed by atoms with E-state index in [2.05, 4.69) is 21.2 Å². The number of hydrogen-bond donors (Lipinski definition) is 2. The van der Waals surface area contributed by atoms with Crippen LogP contribution in [0.3, 0.4) is 0 Å². The fourth-order valence-corrected chi connectivity index (χ4v) is 2.87. The van der Waals surface area contributed by atoms with Gasteiger partial charge >= 0.3 is 5.97 Å². The van der Waals surface area contributed by atoms with Gasteiger partial charge in [-0.2, -0.15) is 0 Å². The standard InChI is InChI=1S/C14H18BrNO2/c1-10-5-6-11(9-12(10)15)16-14(13(17)18)7-3-2-4-8-14/h5-6,9,16H,2-4,7-8H2,1H3,(H,17,18). The van der Waals surface area contributed by atoms with E-state index in [1.54, 1.807) is 0 Å². The second-order valence-electron chi connectivity index (χ2n) is 5.04. The Morgan fingerprint density at radius 1 is 1.33 bits per heavy atom. The first kappa shape index (κ1) is 13.4. The number of carboxylic acids is 1. The summed E-state index contributed by atoms with van der Waals surface area (Å²) in [5.41, 5.74) is 1.23. The van der Waals surface area contributed by atoms with Crippen molar-refractivity contribution in [1.82, 2.24) is 0 Å². The highest BCUT2D eigenvalue weighted by atomic mass is 79.9. The molecular formula is C14H18BrNO2. The van der Waals surface area contributed by atoms with Crippen LogP contribution in [-0.4, -0.2) is 16.6 Å². The lowest BCUT2D eigenvalue weighted by Gasteiger charge is -2.35. The van der Waals surface area contributed by atoms with E-state index in [4.69, 9.17) is 0 Å². The molecule has 0 amide bonds. The highest BCUT2D eigenvalue weighted by molar-refractivity contribution is 9.10. The zero-order valence-electron chi connectivity index (χ0n) is 10.5. The first-order valence-electron chi connectivity index (χ1n) is 6.31. The van der Waals surface area contributed by atoms with Gasteiger partial charge in [0.2, 0.25) is 0 Å². The van der Waals surface area contributed by atoms with Crippen LogP contribution in [0.2, 0.25) is 0 Å². The number of aryl methyl sites for hydroxylation is 1. The minimum Gasteiger partial charge on any atom is -0.480 e. The first-order valence-corrected chi connectivity index (χ1v) is 7.10. The molecule has 1 aromatic carbocycles. The monoisotopic (exact) mass is 311 g/mol. The average molecular weight is 312 g/mol. The number of halogens is 1. The number of anilines is 1. The summed E-state index contributed by atoms with van der Waals surface area (Å²) in [6.45, 7) is 2.02. The molecule has 1 fully saturated rings. The summed E-state index contributed by atoms with van der Waals surface area (Å²) in [5.74, 6) is -0.737. The van der Waals surface area contributed by atoms with Gasteiger partial charge in [-0.1, -0.05) is 41.3 Å². The number of nitrogens with one attached hydrogen (secondary N) is 1. The molecule has 0 aliphatic heterocycles. The maximum atomic E-state index is 11.6. The van der Waals surface area contributed by atoms with Crippen molar-refractivity contribution in [3.63, 3.8) is 0 Å². The van der Waals surface area contributed by atoms with Gasteiger partial charge in [-0.25, -0.2) is 4.79 Å². The molecule has 0 unspecified atom stereocenters. The van der Waals surface area contributed by atoms with Crippen LogP contribution in [0, 0.1) is 6.92 Å². The zero-order chi connectivity index (χ0) is 13.2. The molecule has 0 atom stereocenters. The van der Waals surface area contributed by atoms with E-state index >= 15 is 0 Å². The molecule has 4 heteroatoms. The summed E-state index contributed by atoms with van der Waals surface area (Å²) >= 11 is 3.48. The van der Waals surface area contributed by atoms with E-state index in [9.17, 15) is 9.90 Å². The van der Waals surface area contributed by atoms with Crippen LogP contribution in [0.25, 0.3) is 0 Å². The van der Waals surface area contributed by atoms with E-state index in [0.29, 0.717) is 12.8 Å². The van der Waals surface area contributed by atoms with E-state index in [0.717, 1.165) is 35.0 Å². The average Bonchev–Trinajstić information content (AvgIpc) is 2.35. The van der Waals surface area contributed by atoms with Gasteiger partial charge in [0.05, 0.1) is 0 Å². The largest absolute Gasteiger partial charge is 0.480 e. The molecule has 2 N–H and O–H groups in total. The maximum Gasteiger partial charge on any atom is 0.329 e. The van der Waals surface area contributed by atoms with Crippen LogP contribution >= 0.6 is 15.9 Å². The van der Waals surface area contributed by atoms with Crippen molar-refractivity contribution in [1.29, 1.82) is 0 Å². The van der Waals surface area contributed by atoms with Crippen molar-refractivity contribution in [3.8, 4) is 0 Å². The lowest BCUT2D eigenvalue weighted by atomic mass is 9.81. The van der Waals surface area contributed by atoms with Crippen molar-refractivity contribution in [2.45, 2.75) is 44.6 Å². The van der Waals surface area contributed by atoms with Gasteiger partial charge in [-0.3, -0.25) is 0 Å². The van der Waals surface area contributed by atoms with E-state index in [1.165, 1.54) is 0 Å². The molecular weight excluding hydrogens is 294 g/mol. The minimum atomic E-state index is -0.785. The Hall–Kier alpha value is -1.03. The fraction of sp³-hybridized carbons (Fsp3) is 0.500. The quantitative estimate of drug-likeness (QED) is 0.888. The Kier molecular flexibility index (Phi) is 3.95. The topological polar surface area (TPSA) is 49.3 Å². The predicted molar refractivity (Wildman–Crippen MR) is 76.0 cm³/mol. The van der Waals surface area contributed by atoms with Crippen LogP contribution in [-0.2, 0) is 4.79 Å². The highest BCUT2D eigenvalue weighted by Crippen LogP contribution is 2.33. The van der Waals surface area contributed by atoms with Crippen molar-refractivity contribution in [2.75, 3.05) is 5.32 Å². The molecule has 0 saturated heterocycles. The van der Waals surface area contributed by atoms with E-state index in [1.807, 2.05) is 25.1 Å². The SMILES string of the molecule is Cc1ccc(NC2(C(=O)O)CCCCC2)cc1Br. The number of hydrogen-bond acceptors (Lipinski definition) is 2. The number of aliphatic carboxylic acids is 1. The number of carbonyl (C=O) groups is 1. The fourth-order valence-electron chi connectivity index (χ4n) is 2.49. The molecule has 3 nitrogen and oxygen atoms in total. The number of rotatable bonds is 3. The van der Waals surface area contributed by atoms with Gasteiger partial charge in [0.15, 0.2) is 0 Å². The maximum absolute atomic E-state index is 11.6. The normalized spacial score (nSPS) is 18.3. The Bertz CT molecular complexity index is 453. The molecule has 1 aliphatic rings. The van der Waals surface area contributed by atoms with Gasteiger partial charge in [-0.05, 0) is 37.5 Å². The molecule has 18 heavy (non-hydrogen) atoms. The van der Waals surface area contributed by atoms with Crippen molar-refractivity contribution < 1.29 is 9.90 Å². The van der Waals surface area contributed by atoms with Crippen LogP contribution in [0.5, 0.6) is 0 Å². The van der Waals surface area contributed by atoms with Gasteiger partial charge in [0.1, 0.15) is 5.54 Å². The Morgan fingerprint density at radius 3 is 2.56 bits per heavy atom. The Balaban J connectivity index is 2.23. The molecule has 1 saturated carbocycles. The van der Waals surface area contributed by atoms with Crippen molar-refractivity contribution in [2.24, 2.45) is 0 Å². The summed E-state index contributed by atoms with van der Waals surface area (Å²) in [5, 5.41) is 12.7. The molecule has 0 aromatic heterocycles.